The molecular weight excluding hydrogens is 274 g/mol. The Morgan fingerprint density at radius 1 is 1.05 bits per heavy atom. The second kappa shape index (κ2) is 5.28. The lowest BCUT2D eigenvalue weighted by molar-refractivity contribution is -0.0324. The highest BCUT2D eigenvalue weighted by molar-refractivity contribution is 6.01. The molecule has 0 aliphatic carbocycles. The van der Waals surface area contributed by atoms with Crippen molar-refractivity contribution >= 4 is 5.78 Å². The minimum absolute atomic E-state index is 0.00172. The monoisotopic (exact) mass is 288 g/mol. The third kappa shape index (κ3) is 2.66. The molecule has 2 nitrogen and oxygen atoms in total. The first-order valence-electron chi connectivity index (χ1n) is 6.77. The van der Waals surface area contributed by atoms with Gasteiger partial charge in [0.25, 0.3) is 5.92 Å². The van der Waals surface area contributed by atoms with Crippen molar-refractivity contribution in [1.82, 2.24) is 0 Å². The molecule has 1 atom stereocenters. The van der Waals surface area contributed by atoms with Gasteiger partial charge in [-0.05, 0) is 12.1 Å². The smallest absolute Gasteiger partial charge is 0.274 e. The first-order chi connectivity index (χ1) is 10.1. The van der Waals surface area contributed by atoms with Crippen molar-refractivity contribution in [3.05, 3.63) is 65.7 Å². The molecule has 1 unspecified atom stereocenters. The number of halogens is 2. The van der Waals surface area contributed by atoms with E-state index in [2.05, 4.69) is 0 Å². The van der Waals surface area contributed by atoms with E-state index in [4.69, 9.17) is 4.74 Å². The van der Waals surface area contributed by atoms with E-state index in [-0.39, 0.29) is 18.0 Å². The number of hydrogen-bond donors (Lipinski definition) is 0. The van der Waals surface area contributed by atoms with Gasteiger partial charge >= 0.3 is 0 Å². The molecule has 0 N–H and O–H groups in total. The molecule has 1 heterocycles. The lowest BCUT2D eigenvalue weighted by Gasteiger charge is -2.27. The van der Waals surface area contributed by atoms with Crippen LogP contribution in [0.1, 0.15) is 22.3 Å². The Kier molecular flexibility index (Phi) is 3.45. The van der Waals surface area contributed by atoms with Crippen molar-refractivity contribution in [3.8, 4) is 5.75 Å². The van der Waals surface area contributed by atoms with E-state index in [1.807, 2.05) is 0 Å². The summed E-state index contributed by atoms with van der Waals surface area (Å²) in [6.07, 6.45) is -0.538. The predicted octanol–water partition coefficient (Wildman–Crippen LogP) is 4.06. The highest BCUT2D eigenvalue weighted by atomic mass is 19.3. The van der Waals surface area contributed by atoms with E-state index < -0.39 is 18.3 Å². The molecule has 108 valence electrons. The number of ketones is 1. The molecule has 2 aromatic rings. The van der Waals surface area contributed by atoms with Crippen molar-refractivity contribution < 1.29 is 18.3 Å². The number of carbonyl (C=O) groups excluding carboxylic acids is 1. The van der Waals surface area contributed by atoms with Crippen molar-refractivity contribution in [2.24, 2.45) is 5.92 Å². The van der Waals surface area contributed by atoms with E-state index in [0.29, 0.717) is 11.3 Å². The zero-order chi connectivity index (χ0) is 14.9. The van der Waals surface area contributed by atoms with E-state index >= 15 is 0 Å². The van der Waals surface area contributed by atoms with Crippen LogP contribution in [0.2, 0.25) is 0 Å². The number of carbonyl (C=O) groups is 1. The maximum atomic E-state index is 14.3. The number of rotatable bonds is 3. The molecule has 0 saturated heterocycles. The van der Waals surface area contributed by atoms with E-state index in [9.17, 15) is 13.6 Å². The Balaban J connectivity index is 1.82. The van der Waals surface area contributed by atoms with E-state index in [1.54, 1.807) is 42.5 Å². The highest BCUT2D eigenvalue weighted by Crippen LogP contribution is 2.38. The molecule has 0 spiro atoms. The standard InChI is InChI=1S/C17H14F2O2/c18-17(19,13-6-2-1-3-7-13)10-12-11-21-15-9-5-4-8-14(15)16(12)20/h1-9,12H,10-11H2. The third-order valence-corrected chi connectivity index (χ3v) is 3.66. The second-order valence-corrected chi connectivity index (χ2v) is 5.14. The van der Waals surface area contributed by atoms with Gasteiger partial charge in [0.1, 0.15) is 5.75 Å². The van der Waals surface area contributed by atoms with Crippen LogP contribution < -0.4 is 4.74 Å². The lowest BCUT2D eigenvalue weighted by Crippen LogP contribution is -2.32. The van der Waals surface area contributed by atoms with Crippen LogP contribution in [0.3, 0.4) is 0 Å². The molecule has 0 radical (unpaired) electrons. The van der Waals surface area contributed by atoms with Crippen LogP contribution in [0.5, 0.6) is 5.75 Å². The van der Waals surface area contributed by atoms with Crippen molar-refractivity contribution in [1.29, 1.82) is 0 Å². The summed E-state index contributed by atoms with van der Waals surface area (Å²) in [6.45, 7) is -0.00172. The van der Waals surface area contributed by atoms with Crippen molar-refractivity contribution in [2.45, 2.75) is 12.3 Å². The predicted molar refractivity (Wildman–Crippen MR) is 74.7 cm³/mol. The van der Waals surface area contributed by atoms with Crippen molar-refractivity contribution in [3.63, 3.8) is 0 Å². The number of hydrogen-bond acceptors (Lipinski definition) is 2. The van der Waals surface area contributed by atoms with Crippen LogP contribution in [-0.2, 0) is 5.92 Å². The fraction of sp³-hybridized carbons (Fsp3) is 0.235. The summed E-state index contributed by atoms with van der Waals surface area (Å²) in [7, 11) is 0. The molecule has 0 bridgehead atoms. The first-order valence-corrected chi connectivity index (χ1v) is 6.77. The van der Waals surface area contributed by atoms with Crippen LogP contribution in [0.25, 0.3) is 0 Å². The number of benzene rings is 2. The Labute approximate surface area is 121 Å². The maximum absolute atomic E-state index is 14.3. The van der Waals surface area contributed by atoms with E-state index in [1.165, 1.54) is 12.1 Å². The molecule has 0 aromatic heterocycles. The van der Waals surface area contributed by atoms with Gasteiger partial charge in [-0.3, -0.25) is 4.79 Å². The number of para-hydroxylation sites is 1. The normalized spacial score (nSPS) is 18.0. The Morgan fingerprint density at radius 2 is 1.71 bits per heavy atom. The zero-order valence-corrected chi connectivity index (χ0v) is 11.3. The van der Waals surface area contributed by atoms with Gasteiger partial charge < -0.3 is 4.74 Å². The number of ether oxygens (including phenoxy) is 1. The summed E-state index contributed by atoms with van der Waals surface area (Å²) in [5.41, 5.74) is 0.314. The quantitative estimate of drug-likeness (QED) is 0.851. The van der Waals surface area contributed by atoms with Crippen LogP contribution in [-0.4, -0.2) is 12.4 Å². The molecule has 1 aliphatic heterocycles. The fourth-order valence-corrected chi connectivity index (χ4v) is 2.54. The Morgan fingerprint density at radius 3 is 2.48 bits per heavy atom. The van der Waals surface area contributed by atoms with Gasteiger partial charge in [-0.1, -0.05) is 42.5 Å². The second-order valence-electron chi connectivity index (χ2n) is 5.14. The van der Waals surface area contributed by atoms with Gasteiger partial charge in [0, 0.05) is 12.0 Å². The minimum atomic E-state index is -3.04. The lowest BCUT2D eigenvalue weighted by atomic mass is 9.88. The fourth-order valence-electron chi connectivity index (χ4n) is 2.54. The molecule has 0 fully saturated rings. The largest absolute Gasteiger partial charge is 0.492 e. The number of fused-ring (bicyclic) bond motifs is 1. The molecule has 1 aliphatic rings. The highest BCUT2D eigenvalue weighted by Gasteiger charge is 2.40. The molecule has 0 saturated carbocycles. The Hall–Kier alpha value is -2.23. The van der Waals surface area contributed by atoms with Crippen LogP contribution in [0.4, 0.5) is 8.78 Å². The average Bonchev–Trinajstić information content (AvgIpc) is 2.51. The summed E-state index contributed by atoms with van der Waals surface area (Å²) in [5, 5.41) is 0. The molecule has 2 aromatic carbocycles. The van der Waals surface area contributed by atoms with Gasteiger partial charge in [-0.2, -0.15) is 0 Å². The minimum Gasteiger partial charge on any atom is -0.492 e. The zero-order valence-electron chi connectivity index (χ0n) is 11.3. The van der Waals surface area contributed by atoms with E-state index in [0.717, 1.165) is 0 Å². The molecule has 4 heteroatoms. The number of Topliss-reactive ketones (excluding diaryl/α,β-unsaturated/α-hetero) is 1. The van der Waals surface area contributed by atoms with Gasteiger partial charge in [-0.15, -0.1) is 0 Å². The third-order valence-electron chi connectivity index (χ3n) is 3.66. The Bertz CT molecular complexity index is 653. The maximum Gasteiger partial charge on any atom is 0.274 e. The first kappa shape index (κ1) is 13.7. The SMILES string of the molecule is O=C1c2ccccc2OCC1CC(F)(F)c1ccccc1. The summed E-state index contributed by atoms with van der Waals surface area (Å²) in [5.74, 6) is -3.67. The topological polar surface area (TPSA) is 26.3 Å². The molecule has 3 rings (SSSR count). The van der Waals surface area contributed by atoms with Crippen molar-refractivity contribution in [2.75, 3.05) is 6.61 Å². The molecule has 21 heavy (non-hydrogen) atoms. The summed E-state index contributed by atoms with van der Waals surface area (Å²) < 4.78 is 34.0. The van der Waals surface area contributed by atoms with Gasteiger partial charge in [0.15, 0.2) is 5.78 Å². The summed E-state index contributed by atoms with van der Waals surface area (Å²) >= 11 is 0. The van der Waals surface area contributed by atoms with Crippen LogP contribution >= 0.6 is 0 Å². The van der Waals surface area contributed by atoms with Crippen LogP contribution in [0, 0.1) is 5.92 Å². The molecule has 0 amide bonds. The van der Waals surface area contributed by atoms with Gasteiger partial charge in [0.2, 0.25) is 0 Å². The molecular formula is C17H14F2O2. The van der Waals surface area contributed by atoms with Crippen LogP contribution in [0.15, 0.2) is 54.6 Å². The number of alkyl halides is 2. The average molecular weight is 288 g/mol. The summed E-state index contributed by atoms with van der Waals surface area (Å²) in [6, 6.07) is 14.3. The van der Waals surface area contributed by atoms with Gasteiger partial charge in [0.05, 0.1) is 18.1 Å². The summed E-state index contributed by atoms with van der Waals surface area (Å²) in [4.78, 5) is 12.3. The van der Waals surface area contributed by atoms with Gasteiger partial charge in [-0.25, -0.2) is 8.78 Å².